The van der Waals surface area contributed by atoms with Crippen molar-refractivity contribution >= 4 is 11.9 Å². The quantitative estimate of drug-likeness (QED) is 0.174. The smallest absolute Gasteiger partial charge is 0.481 e. The van der Waals surface area contributed by atoms with Crippen LogP contribution in [0.5, 0.6) is 0 Å². The molecule has 368 valence electrons. The van der Waals surface area contributed by atoms with Gasteiger partial charge in [-0.05, 0) is 33.1 Å². The molecule has 18 nitrogen and oxygen atoms in total. The lowest BCUT2D eigenvalue weighted by atomic mass is 9.82. The first-order valence-corrected chi connectivity index (χ1v) is 22.3. The highest BCUT2D eigenvalue weighted by Gasteiger charge is 2.51. The number of carboxylic acid groups (broad SMARTS) is 1. The third kappa shape index (κ3) is 18.6. The average Bonchev–Trinajstić information content (AvgIpc) is 3.21. The van der Waals surface area contributed by atoms with Gasteiger partial charge in [-0.15, -0.1) is 0 Å². The summed E-state index contributed by atoms with van der Waals surface area (Å²) in [6.45, 7) is 6.74. The van der Waals surface area contributed by atoms with Crippen molar-refractivity contribution in [3.8, 4) is 0 Å². The number of aliphatic carboxylic acids is 1. The molecule has 2 saturated heterocycles. The highest BCUT2D eigenvalue weighted by atomic mass is 16.7. The van der Waals surface area contributed by atoms with Gasteiger partial charge in [-0.3, -0.25) is 9.59 Å². The highest BCUT2D eigenvalue weighted by Crippen LogP contribution is 2.38. The van der Waals surface area contributed by atoms with Gasteiger partial charge in [-0.25, -0.2) is 0 Å². The van der Waals surface area contributed by atoms with Crippen molar-refractivity contribution in [1.29, 1.82) is 0 Å². The number of fused-ring (bicyclic) bond motifs is 2. The number of nitrogens with two attached hydrogens (primary N) is 1. The van der Waals surface area contributed by atoms with Crippen molar-refractivity contribution in [3.63, 3.8) is 0 Å². The number of cyclic esters (lactones) is 1. The van der Waals surface area contributed by atoms with Crippen molar-refractivity contribution in [2.24, 2.45) is 23.5 Å². The predicted octanol–water partition coefficient (Wildman–Crippen LogP) is 0.824. The SMILES string of the molecule is C[C@@H]1[C@H](O)[C@@H](C)/C=C/C=C/C=C/C=C/C=C/C=C/C=C/[C@H](O[C@@H]2O[C@H](C)[C@@H](O)[C@H](N)[C@@H]2O)C[C@@H]2O[C@](O)(C[C@@H](O)C[C@@H](O)[C@H](O)CC[C@@H](O)C[C@@H](O)CC(=O)O[C@H]1C)C[C@H](O)[C@H]2C(=O)O.[H+]. The van der Waals surface area contributed by atoms with Crippen LogP contribution in [0.4, 0.5) is 0 Å². The Bertz CT molecular complexity index is 1670. The summed E-state index contributed by atoms with van der Waals surface area (Å²) in [7, 11) is 0. The lowest BCUT2D eigenvalue weighted by Gasteiger charge is -2.45. The number of rotatable bonds is 3. The Morgan fingerprint density at radius 3 is 1.83 bits per heavy atom. The van der Waals surface area contributed by atoms with Crippen LogP contribution < -0.4 is 5.73 Å². The Kier molecular flexibility index (Phi) is 23.6. The van der Waals surface area contributed by atoms with E-state index in [9.17, 15) is 65.8 Å². The van der Waals surface area contributed by atoms with Crippen molar-refractivity contribution in [3.05, 3.63) is 85.1 Å². The first kappa shape index (κ1) is 55.9. The summed E-state index contributed by atoms with van der Waals surface area (Å²) in [4.78, 5) is 25.1. The van der Waals surface area contributed by atoms with E-state index in [4.69, 9.17) is 24.7 Å². The molecule has 0 aromatic rings. The Labute approximate surface area is 382 Å². The molecule has 0 unspecified atom stereocenters. The zero-order valence-corrected chi connectivity index (χ0v) is 37.6. The van der Waals surface area contributed by atoms with E-state index in [1.54, 1.807) is 80.7 Å². The minimum atomic E-state index is -2.33. The van der Waals surface area contributed by atoms with Gasteiger partial charge in [0.05, 0.1) is 79.6 Å². The second-order valence-electron chi connectivity index (χ2n) is 17.6. The first-order chi connectivity index (χ1) is 30.6. The molecule has 0 radical (unpaired) electrons. The van der Waals surface area contributed by atoms with Crippen LogP contribution >= 0.6 is 0 Å². The molecule has 0 spiro atoms. The molecule has 0 aromatic carbocycles. The summed E-state index contributed by atoms with van der Waals surface area (Å²) < 4.78 is 23.1. The Morgan fingerprint density at radius 1 is 0.677 bits per heavy atom. The minimum absolute atomic E-state index is 0. The van der Waals surface area contributed by atoms with Gasteiger partial charge in [0.15, 0.2) is 12.1 Å². The second-order valence-corrected chi connectivity index (χ2v) is 17.6. The van der Waals surface area contributed by atoms with E-state index in [2.05, 4.69) is 0 Å². The molecule has 2 fully saturated rings. The maximum absolute atomic E-state index is 12.6. The van der Waals surface area contributed by atoms with Gasteiger partial charge in [-0.1, -0.05) is 98.9 Å². The van der Waals surface area contributed by atoms with Gasteiger partial charge < -0.3 is 80.9 Å². The van der Waals surface area contributed by atoms with Crippen LogP contribution in [0.1, 0.15) is 80.5 Å². The van der Waals surface area contributed by atoms with Crippen LogP contribution in [0.3, 0.4) is 0 Å². The molecule has 0 saturated carbocycles. The lowest BCUT2D eigenvalue weighted by molar-refractivity contribution is -0.308. The molecule has 13 N–H and O–H groups in total. The third-order valence-corrected chi connectivity index (χ3v) is 12.0. The number of hydrogen-bond acceptors (Lipinski definition) is 17. The standard InChI is InChI=1S/C47H73NO17/c1-27-17-15-13-11-9-7-5-6-8-10-12-14-16-18-34(64-46-44(58)41(48)43(57)30(4)63-46)24-38-40(45(59)60)37(54)26-47(61,65-38)25-33(51)22-36(53)35(52)20-19-31(49)21-32(50)23-39(55)62-29(3)28(2)42(27)56/h5-18,27-38,40-44,46,49-54,56-58,61H,19-26,48H2,1-4H3,(H,59,60)/p+1/b6-5+,9-7+,10-8+,13-11+,14-12+,17-15+,18-16+/t27-,28-,29-,30+,31+,32+,33-,34-,35+,36+,37-,38-,40+,41-,42+,43+,44-,46-,47+/m0/s1. The van der Waals surface area contributed by atoms with E-state index in [0.29, 0.717) is 0 Å². The van der Waals surface area contributed by atoms with Crippen LogP contribution in [0.25, 0.3) is 0 Å². The summed E-state index contributed by atoms with van der Waals surface area (Å²) >= 11 is 0. The number of hydrogen-bond donors (Lipinski definition) is 12. The van der Waals surface area contributed by atoms with Crippen LogP contribution in [-0.2, 0) is 28.5 Å². The van der Waals surface area contributed by atoms with Gasteiger partial charge in [0.2, 0.25) is 0 Å². The number of allylic oxidation sites excluding steroid dienone is 12. The topological polar surface area (TPSA) is 320 Å². The number of esters is 1. The van der Waals surface area contributed by atoms with Gasteiger partial charge in [0.1, 0.15) is 18.1 Å². The largest absolute Gasteiger partial charge is 1.00 e. The summed E-state index contributed by atoms with van der Waals surface area (Å²) in [5, 5.41) is 118. The molecule has 0 amide bonds. The van der Waals surface area contributed by atoms with Crippen molar-refractivity contribution in [1.82, 2.24) is 0 Å². The van der Waals surface area contributed by atoms with Crippen LogP contribution in [0.15, 0.2) is 85.1 Å². The zero-order valence-electron chi connectivity index (χ0n) is 38.6. The molecule has 3 aliphatic heterocycles. The number of carboxylic acids is 1. The molecule has 2 bridgehead atoms. The number of aliphatic hydroxyl groups is 10. The Hall–Kier alpha value is -3.44. The van der Waals surface area contributed by atoms with E-state index >= 15 is 0 Å². The van der Waals surface area contributed by atoms with E-state index in [1.807, 2.05) is 19.1 Å². The molecule has 0 aliphatic carbocycles. The van der Waals surface area contributed by atoms with Crippen LogP contribution in [0.2, 0.25) is 0 Å². The fourth-order valence-electron chi connectivity index (χ4n) is 7.97. The van der Waals surface area contributed by atoms with E-state index in [0.717, 1.165) is 0 Å². The average molecular weight is 925 g/mol. The van der Waals surface area contributed by atoms with Crippen molar-refractivity contribution < 1.29 is 86.1 Å². The minimum Gasteiger partial charge on any atom is -0.481 e. The molecule has 0 aromatic heterocycles. The molecular formula is C47H74NO17+. The molecule has 3 heterocycles. The van der Waals surface area contributed by atoms with E-state index < -0.39 is 147 Å². The molecule has 65 heavy (non-hydrogen) atoms. The second kappa shape index (κ2) is 27.4. The zero-order chi connectivity index (χ0) is 48.4. The van der Waals surface area contributed by atoms with Crippen molar-refractivity contribution in [2.45, 2.75) is 177 Å². The van der Waals surface area contributed by atoms with Crippen molar-refractivity contribution in [2.75, 3.05) is 0 Å². The first-order valence-electron chi connectivity index (χ1n) is 22.3. The van der Waals surface area contributed by atoms with E-state index in [-0.39, 0.29) is 33.0 Å². The normalized spacial score (nSPS) is 45.5. The Morgan fingerprint density at radius 2 is 1.25 bits per heavy atom. The molecule has 19 atom stereocenters. The predicted molar refractivity (Wildman–Crippen MR) is 238 cm³/mol. The number of carbonyl (C=O) groups is 2. The fourth-order valence-corrected chi connectivity index (χ4v) is 7.97. The van der Waals surface area contributed by atoms with Crippen LogP contribution in [-0.4, -0.2) is 166 Å². The van der Waals surface area contributed by atoms with Gasteiger partial charge in [0.25, 0.3) is 0 Å². The summed E-state index contributed by atoms with van der Waals surface area (Å²) in [5.41, 5.74) is 6.02. The van der Waals surface area contributed by atoms with Gasteiger partial charge >= 0.3 is 13.4 Å². The van der Waals surface area contributed by atoms with Gasteiger partial charge in [-0.2, -0.15) is 0 Å². The maximum Gasteiger partial charge on any atom is 1.00 e. The number of aliphatic hydroxyl groups excluding tert-OH is 9. The highest BCUT2D eigenvalue weighted by molar-refractivity contribution is 5.71. The van der Waals surface area contributed by atoms with E-state index in [1.165, 1.54) is 13.0 Å². The fraction of sp³-hybridized carbons (Fsp3) is 0.660. The van der Waals surface area contributed by atoms with Crippen LogP contribution in [0, 0.1) is 17.8 Å². The Balaban J connectivity index is 0.0000150. The third-order valence-electron chi connectivity index (χ3n) is 12.0. The maximum atomic E-state index is 12.6. The lowest BCUT2D eigenvalue weighted by Crippen LogP contribution is -2.61. The summed E-state index contributed by atoms with van der Waals surface area (Å²) in [5.74, 6) is -6.83. The molecule has 3 rings (SSSR count). The number of ether oxygens (including phenoxy) is 4. The summed E-state index contributed by atoms with van der Waals surface area (Å²) in [6, 6.07) is -1.15. The van der Waals surface area contributed by atoms with Gasteiger partial charge in [0, 0.05) is 37.5 Å². The number of carbonyl (C=O) groups excluding carboxylic acids is 1. The summed E-state index contributed by atoms with van der Waals surface area (Å²) in [6.07, 6.45) is 3.46. The molecular weight excluding hydrogens is 851 g/mol. The molecule has 18 heteroatoms. The molecule has 3 aliphatic rings. The monoisotopic (exact) mass is 924 g/mol.